The first-order chi connectivity index (χ1) is 21.2. The van der Waals surface area contributed by atoms with Gasteiger partial charge in [-0.15, -0.1) is 10.2 Å². The lowest BCUT2D eigenvalue weighted by Crippen LogP contribution is -2.42. The topological polar surface area (TPSA) is 98.9 Å². The molecule has 3 aromatic rings. The monoisotopic (exact) mass is 631 g/mol. The molecule has 0 N–H and O–H groups in total. The maximum absolute atomic E-state index is 12.8. The van der Waals surface area contributed by atoms with Crippen molar-refractivity contribution in [2.75, 3.05) is 56.3 Å². The van der Waals surface area contributed by atoms with Crippen LogP contribution in [0.5, 0.6) is 0 Å². The summed E-state index contributed by atoms with van der Waals surface area (Å²) in [5.74, 6) is -0.417. The van der Waals surface area contributed by atoms with Crippen LogP contribution in [0.15, 0.2) is 40.9 Å². The van der Waals surface area contributed by atoms with Gasteiger partial charge in [-0.25, -0.2) is 8.51 Å². The van der Waals surface area contributed by atoms with E-state index < -0.39 is 23.3 Å². The zero-order valence-corrected chi connectivity index (χ0v) is 27.0. The van der Waals surface area contributed by atoms with Crippen LogP contribution >= 0.6 is 0 Å². The summed E-state index contributed by atoms with van der Waals surface area (Å²) >= 11 is 0. The number of carbonyl (C=O) groups excluding carboxylic acids is 1. The van der Waals surface area contributed by atoms with Gasteiger partial charge in [-0.3, -0.25) is 9.78 Å². The summed E-state index contributed by atoms with van der Waals surface area (Å²) < 4.78 is 44.7. The van der Waals surface area contributed by atoms with Crippen molar-refractivity contribution >= 4 is 28.8 Å². The number of aromatic nitrogens is 3. The highest BCUT2D eigenvalue weighted by Crippen LogP contribution is 2.38. The standard InChI is InChI=1S/C29H37F2N7O3S.C2H6/c1-35-12-10-24(11-13-35)36(2)26-16-21(20-8-14-38(15-9-20)42(3)40)5-7-25(26)37(19-39)18-23-6-4-22(17-32-23)28-33-34-29(41-28)27(30)31;1-2/h4-7,16-17,19-20,24,27H,8-15,18H2,1-3H3;1-2H3. The van der Waals surface area contributed by atoms with E-state index in [1.54, 1.807) is 23.3 Å². The number of hydrogen-bond donors (Lipinski definition) is 0. The van der Waals surface area contributed by atoms with Crippen LogP contribution in [0, 0.1) is 0 Å². The maximum Gasteiger partial charge on any atom is 0.314 e. The Labute approximate surface area is 261 Å². The van der Waals surface area contributed by atoms with E-state index in [9.17, 15) is 17.8 Å². The van der Waals surface area contributed by atoms with E-state index in [2.05, 4.69) is 51.2 Å². The molecule has 2 aliphatic rings. The Bertz CT molecular complexity index is 1370. The second-order valence-corrected chi connectivity index (χ2v) is 12.4. The molecule has 2 aromatic heterocycles. The predicted molar refractivity (Wildman–Crippen MR) is 169 cm³/mol. The number of piperidine rings is 2. The molecule has 1 aromatic carbocycles. The van der Waals surface area contributed by atoms with Crippen molar-refractivity contribution in [2.45, 2.75) is 64.5 Å². The Balaban J connectivity index is 0.00000216. The first kappa shape index (κ1) is 33.6. The predicted octanol–water partition coefficient (Wildman–Crippen LogP) is 5.26. The van der Waals surface area contributed by atoms with Crippen LogP contribution in [0.4, 0.5) is 20.2 Å². The Kier molecular flexibility index (Phi) is 11.9. The van der Waals surface area contributed by atoms with Gasteiger partial charge in [0.25, 0.3) is 5.89 Å². The van der Waals surface area contributed by atoms with Crippen molar-refractivity contribution in [2.24, 2.45) is 0 Å². The van der Waals surface area contributed by atoms with E-state index in [4.69, 9.17) is 4.42 Å². The van der Waals surface area contributed by atoms with Crippen LogP contribution in [0.1, 0.15) is 69.0 Å². The van der Waals surface area contributed by atoms with Crippen molar-refractivity contribution in [3.63, 3.8) is 0 Å². The molecule has 0 saturated carbocycles. The number of benzene rings is 1. The van der Waals surface area contributed by atoms with Crippen LogP contribution in [-0.4, -0.2) is 87.6 Å². The number of likely N-dealkylation sites (tertiary alicyclic amines) is 1. The molecule has 2 fully saturated rings. The van der Waals surface area contributed by atoms with Gasteiger partial charge >= 0.3 is 6.43 Å². The van der Waals surface area contributed by atoms with Crippen molar-refractivity contribution in [1.29, 1.82) is 0 Å². The summed E-state index contributed by atoms with van der Waals surface area (Å²) in [4.78, 5) is 23.2. The van der Waals surface area contributed by atoms with Crippen LogP contribution in [0.2, 0.25) is 0 Å². The van der Waals surface area contributed by atoms with Crippen LogP contribution < -0.4 is 9.80 Å². The molecule has 0 radical (unpaired) electrons. The molecule has 0 spiro atoms. The lowest BCUT2D eigenvalue weighted by atomic mass is 9.89. The van der Waals surface area contributed by atoms with E-state index in [0.29, 0.717) is 23.2 Å². The molecular formula is C31H43F2N7O3S. The zero-order chi connectivity index (χ0) is 31.8. The minimum Gasteiger partial charge on any atom is -0.415 e. The number of amides is 1. The number of rotatable bonds is 10. The first-order valence-corrected chi connectivity index (χ1v) is 16.7. The number of halogens is 2. The van der Waals surface area contributed by atoms with Gasteiger partial charge in [0, 0.05) is 38.6 Å². The van der Waals surface area contributed by atoms with Crippen molar-refractivity contribution in [3.05, 3.63) is 53.7 Å². The quantitative estimate of drug-likeness (QED) is 0.280. The molecule has 44 heavy (non-hydrogen) atoms. The third-order valence-corrected chi connectivity index (χ3v) is 9.46. The van der Waals surface area contributed by atoms with Crippen LogP contribution in [-0.2, 0) is 22.3 Å². The summed E-state index contributed by atoms with van der Waals surface area (Å²) in [6.07, 6.45) is 5.11. The van der Waals surface area contributed by atoms with Gasteiger partial charge in [0.05, 0.1) is 40.2 Å². The summed E-state index contributed by atoms with van der Waals surface area (Å²) in [7, 11) is 3.29. The average Bonchev–Trinajstić information content (AvgIpc) is 3.56. The Morgan fingerprint density at radius 1 is 1.05 bits per heavy atom. The number of anilines is 2. The SMILES string of the molecule is CC.CN1CCC(N(C)c2cc(C3CCN(S(C)=O)CC3)ccc2N(C=O)Cc2ccc(-c3nnc(C(F)F)o3)cn2)CC1. The summed E-state index contributed by atoms with van der Waals surface area (Å²) in [6, 6.07) is 10.1. The summed E-state index contributed by atoms with van der Waals surface area (Å²) in [5.41, 5.74) is 4.06. The van der Waals surface area contributed by atoms with E-state index in [1.165, 1.54) is 11.8 Å². The molecule has 0 aliphatic carbocycles. The molecule has 240 valence electrons. The minimum atomic E-state index is -2.84. The Morgan fingerprint density at radius 2 is 1.75 bits per heavy atom. The van der Waals surface area contributed by atoms with Gasteiger partial charge in [-0.2, -0.15) is 8.78 Å². The molecule has 5 rings (SSSR count). The molecule has 0 bridgehead atoms. The fraction of sp³-hybridized carbons (Fsp3) is 0.548. The molecule has 10 nitrogen and oxygen atoms in total. The van der Waals surface area contributed by atoms with E-state index in [1.807, 2.05) is 24.2 Å². The molecule has 2 saturated heterocycles. The smallest absolute Gasteiger partial charge is 0.314 e. The van der Waals surface area contributed by atoms with Crippen molar-refractivity contribution in [3.8, 4) is 11.5 Å². The second kappa shape index (κ2) is 15.6. The summed E-state index contributed by atoms with van der Waals surface area (Å²) in [6.45, 7) is 7.85. The lowest BCUT2D eigenvalue weighted by Gasteiger charge is -2.38. The third-order valence-electron chi connectivity index (χ3n) is 8.37. The molecule has 1 amide bonds. The second-order valence-electron chi connectivity index (χ2n) is 11.0. The van der Waals surface area contributed by atoms with E-state index >= 15 is 0 Å². The molecule has 2 aliphatic heterocycles. The van der Waals surface area contributed by atoms with Gasteiger partial charge in [0.1, 0.15) is 0 Å². The van der Waals surface area contributed by atoms with Gasteiger partial charge in [0.15, 0.2) is 0 Å². The highest BCUT2D eigenvalue weighted by Gasteiger charge is 2.27. The van der Waals surface area contributed by atoms with Gasteiger partial charge in [-0.1, -0.05) is 19.9 Å². The largest absolute Gasteiger partial charge is 0.415 e. The van der Waals surface area contributed by atoms with E-state index in [-0.39, 0.29) is 12.4 Å². The highest BCUT2D eigenvalue weighted by atomic mass is 32.2. The van der Waals surface area contributed by atoms with Gasteiger partial charge < -0.3 is 19.1 Å². The Hall–Kier alpha value is -3.29. The molecule has 1 unspecified atom stereocenters. The normalized spacial score (nSPS) is 17.6. The van der Waals surface area contributed by atoms with Gasteiger partial charge in [0.2, 0.25) is 12.3 Å². The highest BCUT2D eigenvalue weighted by molar-refractivity contribution is 7.81. The molecular weight excluding hydrogens is 588 g/mol. The minimum absolute atomic E-state index is 0.0368. The first-order valence-electron chi connectivity index (χ1n) is 15.2. The molecule has 13 heteroatoms. The molecule has 4 heterocycles. The van der Waals surface area contributed by atoms with Crippen LogP contribution in [0.3, 0.4) is 0 Å². The Morgan fingerprint density at radius 3 is 2.32 bits per heavy atom. The average molecular weight is 632 g/mol. The number of alkyl halides is 2. The molecule has 1 atom stereocenters. The fourth-order valence-electron chi connectivity index (χ4n) is 5.78. The van der Waals surface area contributed by atoms with Crippen molar-refractivity contribution in [1.82, 2.24) is 24.4 Å². The van der Waals surface area contributed by atoms with Crippen molar-refractivity contribution < 1.29 is 22.2 Å². The number of pyridine rings is 1. The number of hydrogen-bond acceptors (Lipinski definition) is 8. The number of carbonyl (C=O) groups is 1. The zero-order valence-electron chi connectivity index (χ0n) is 26.2. The van der Waals surface area contributed by atoms with Gasteiger partial charge in [-0.05, 0) is 81.6 Å². The van der Waals surface area contributed by atoms with Crippen LogP contribution in [0.25, 0.3) is 11.5 Å². The lowest BCUT2D eigenvalue weighted by molar-refractivity contribution is -0.107. The maximum atomic E-state index is 12.8. The number of nitrogens with zero attached hydrogens (tertiary/aromatic N) is 7. The summed E-state index contributed by atoms with van der Waals surface area (Å²) in [5, 5.41) is 7.04. The third kappa shape index (κ3) is 8.05. The van der Waals surface area contributed by atoms with E-state index in [0.717, 1.165) is 69.6 Å². The fourth-order valence-corrected chi connectivity index (χ4v) is 6.51.